The number of amides is 1. The molecule has 2 heterocycles. The second-order valence-electron chi connectivity index (χ2n) is 10.6. The monoisotopic (exact) mass is 611 g/mol. The van der Waals surface area contributed by atoms with E-state index >= 15 is 0 Å². The molecule has 0 aliphatic carbocycles. The first-order valence-corrected chi connectivity index (χ1v) is 15.5. The first kappa shape index (κ1) is 28.4. The standard InChI is InChI=1S/C37H29N3O4S/c1-43-32-14-8-12-30(34(32)44-2)37-39(33(41)23-45-37)27-19-15-24(16-20-27)25-17-21-28(22-18-25)40-35(26-9-4-3-5-10-26)38-31-13-7-6-11-29(31)36(40)42/h3-22,37H,23H2,1-2H3. The number of rotatable bonds is 7. The molecule has 0 N–H and O–H groups in total. The molecular weight excluding hydrogens is 582 g/mol. The zero-order valence-electron chi connectivity index (χ0n) is 24.7. The van der Waals surface area contributed by atoms with Crippen LogP contribution in [0, 0.1) is 0 Å². The molecule has 7 nitrogen and oxygen atoms in total. The molecule has 45 heavy (non-hydrogen) atoms. The molecule has 1 saturated heterocycles. The number of nitrogens with zero attached hydrogens (tertiary/aromatic N) is 3. The van der Waals surface area contributed by atoms with Crippen molar-refractivity contribution >= 4 is 34.3 Å². The lowest BCUT2D eigenvalue weighted by molar-refractivity contribution is -0.115. The number of anilines is 1. The molecule has 222 valence electrons. The average molecular weight is 612 g/mol. The Kier molecular flexibility index (Phi) is 7.57. The van der Waals surface area contributed by atoms with Gasteiger partial charge in [0.2, 0.25) is 5.91 Å². The quantitative estimate of drug-likeness (QED) is 0.186. The van der Waals surface area contributed by atoms with Crippen molar-refractivity contribution in [2.75, 3.05) is 24.9 Å². The third-order valence-electron chi connectivity index (χ3n) is 7.98. The SMILES string of the molecule is COc1cccc(C2SCC(=O)N2c2ccc(-c3ccc(-n4c(-c5ccccc5)nc5ccccc5c4=O)cc3)cc2)c1OC. The van der Waals surface area contributed by atoms with Gasteiger partial charge in [0.1, 0.15) is 11.2 Å². The van der Waals surface area contributed by atoms with E-state index in [2.05, 4.69) is 0 Å². The van der Waals surface area contributed by atoms with Crippen LogP contribution in [0.4, 0.5) is 5.69 Å². The van der Waals surface area contributed by atoms with Crippen LogP contribution in [0.5, 0.6) is 11.5 Å². The summed E-state index contributed by atoms with van der Waals surface area (Å²) < 4.78 is 12.9. The number of thioether (sulfide) groups is 1. The van der Waals surface area contributed by atoms with Crippen LogP contribution >= 0.6 is 11.8 Å². The molecule has 1 unspecified atom stereocenters. The summed E-state index contributed by atoms with van der Waals surface area (Å²) in [6, 6.07) is 38.8. The Hall–Kier alpha value is -5.34. The number of fused-ring (bicyclic) bond motifs is 1. The van der Waals surface area contributed by atoms with Gasteiger partial charge in [0.15, 0.2) is 11.5 Å². The maximum atomic E-state index is 13.7. The van der Waals surface area contributed by atoms with Crippen LogP contribution in [-0.4, -0.2) is 35.4 Å². The van der Waals surface area contributed by atoms with E-state index in [1.807, 2.05) is 126 Å². The van der Waals surface area contributed by atoms with Crippen LogP contribution in [0.2, 0.25) is 0 Å². The Morgan fingerprint density at radius 1 is 0.689 bits per heavy atom. The summed E-state index contributed by atoms with van der Waals surface area (Å²) in [5, 5.41) is 0.330. The predicted octanol–water partition coefficient (Wildman–Crippen LogP) is 7.52. The number of hydrogen-bond donors (Lipinski definition) is 0. The zero-order valence-corrected chi connectivity index (χ0v) is 25.5. The van der Waals surface area contributed by atoms with Gasteiger partial charge in [-0.1, -0.05) is 78.9 Å². The number of para-hydroxylation sites is 2. The minimum atomic E-state index is -0.236. The van der Waals surface area contributed by atoms with Crippen molar-refractivity contribution in [1.29, 1.82) is 0 Å². The Morgan fingerprint density at radius 2 is 1.36 bits per heavy atom. The summed E-state index contributed by atoms with van der Waals surface area (Å²) in [6.45, 7) is 0. The summed E-state index contributed by atoms with van der Waals surface area (Å²) in [7, 11) is 3.22. The Balaban J connectivity index is 1.21. The molecule has 1 amide bonds. The zero-order chi connectivity index (χ0) is 30.9. The van der Waals surface area contributed by atoms with Crippen molar-refractivity contribution in [1.82, 2.24) is 9.55 Å². The van der Waals surface area contributed by atoms with Crippen LogP contribution in [0.1, 0.15) is 10.9 Å². The van der Waals surface area contributed by atoms with Crippen LogP contribution in [0.3, 0.4) is 0 Å². The van der Waals surface area contributed by atoms with Crippen LogP contribution in [0.15, 0.2) is 126 Å². The minimum Gasteiger partial charge on any atom is -0.493 e. The number of hydrogen-bond acceptors (Lipinski definition) is 6. The Bertz CT molecular complexity index is 2080. The third-order valence-corrected chi connectivity index (χ3v) is 9.17. The van der Waals surface area contributed by atoms with E-state index in [1.165, 1.54) is 0 Å². The lowest BCUT2D eigenvalue weighted by Gasteiger charge is -2.26. The van der Waals surface area contributed by atoms with E-state index in [4.69, 9.17) is 14.5 Å². The van der Waals surface area contributed by atoms with Gasteiger partial charge in [0, 0.05) is 16.8 Å². The fourth-order valence-corrected chi connectivity index (χ4v) is 7.00. The van der Waals surface area contributed by atoms with Crippen LogP contribution in [0.25, 0.3) is 39.1 Å². The fraction of sp³-hybridized carbons (Fsp3) is 0.108. The van der Waals surface area contributed by atoms with E-state index in [0.717, 1.165) is 33.6 Å². The summed E-state index contributed by atoms with van der Waals surface area (Å²) in [5.74, 6) is 2.26. The van der Waals surface area contributed by atoms with E-state index in [9.17, 15) is 9.59 Å². The minimum absolute atomic E-state index is 0.0376. The molecule has 1 aromatic heterocycles. The largest absolute Gasteiger partial charge is 0.493 e. The first-order valence-electron chi connectivity index (χ1n) is 14.5. The number of carbonyl (C=O) groups excluding carboxylic acids is 1. The van der Waals surface area contributed by atoms with E-state index in [1.54, 1.807) is 30.5 Å². The van der Waals surface area contributed by atoms with Gasteiger partial charge in [0.25, 0.3) is 5.56 Å². The fourth-order valence-electron chi connectivity index (χ4n) is 5.81. The van der Waals surface area contributed by atoms with Gasteiger partial charge in [-0.05, 0) is 53.6 Å². The molecule has 5 aromatic carbocycles. The molecule has 6 aromatic rings. The number of carbonyl (C=O) groups is 1. The Labute approximate surface area is 264 Å². The van der Waals surface area contributed by atoms with Gasteiger partial charge in [-0.3, -0.25) is 19.1 Å². The van der Waals surface area contributed by atoms with E-state index in [-0.39, 0.29) is 16.8 Å². The van der Waals surface area contributed by atoms with Gasteiger partial charge in [-0.2, -0.15) is 0 Å². The van der Waals surface area contributed by atoms with Crippen LogP contribution in [-0.2, 0) is 4.79 Å². The van der Waals surface area contributed by atoms with Crippen molar-refractivity contribution in [2.45, 2.75) is 5.37 Å². The van der Waals surface area contributed by atoms with Crippen LogP contribution < -0.4 is 19.9 Å². The molecule has 0 bridgehead atoms. The number of benzene rings is 5. The first-order chi connectivity index (χ1) is 22.1. The van der Waals surface area contributed by atoms with Crippen molar-refractivity contribution in [3.63, 3.8) is 0 Å². The number of methoxy groups -OCH3 is 2. The molecule has 1 fully saturated rings. The van der Waals surface area contributed by atoms with E-state index < -0.39 is 0 Å². The molecule has 1 aliphatic heterocycles. The summed E-state index contributed by atoms with van der Waals surface area (Å²) in [6.07, 6.45) is 0. The van der Waals surface area contributed by atoms with Gasteiger partial charge < -0.3 is 9.47 Å². The second-order valence-corrected chi connectivity index (χ2v) is 11.6. The number of aromatic nitrogens is 2. The molecular formula is C37H29N3O4S. The Morgan fingerprint density at radius 3 is 2.04 bits per heavy atom. The highest BCUT2D eigenvalue weighted by molar-refractivity contribution is 8.00. The topological polar surface area (TPSA) is 73.7 Å². The molecule has 1 atom stereocenters. The van der Waals surface area contributed by atoms with Crippen molar-refractivity contribution in [3.8, 4) is 39.7 Å². The second kappa shape index (κ2) is 12.0. The van der Waals surface area contributed by atoms with Crippen molar-refractivity contribution in [3.05, 3.63) is 137 Å². The van der Waals surface area contributed by atoms with Crippen molar-refractivity contribution < 1.29 is 14.3 Å². The highest BCUT2D eigenvalue weighted by Crippen LogP contribution is 2.47. The molecule has 0 spiro atoms. The summed E-state index contributed by atoms with van der Waals surface area (Å²) >= 11 is 1.56. The highest BCUT2D eigenvalue weighted by atomic mass is 32.2. The maximum absolute atomic E-state index is 13.7. The lowest BCUT2D eigenvalue weighted by Crippen LogP contribution is -2.28. The molecule has 0 saturated carbocycles. The van der Waals surface area contributed by atoms with E-state index in [0.29, 0.717) is 34.0 Å². The van der Waals surface area contributed by atoms with Gasteiger partial charge in [-0.25, -0.2) is 4.98 Å². The van der Waals surface area contributed by atoms with Gasteiger partial charge >= 0.3 is 0 Å². The smallest absolute Gasteiger partial charge is 0.266 e. The molecule has 1 aliphatic rings. The third kappa shape index (κ3) is 5.13. The highest BCUT2D eigenvalue weighted by Gasteiger charge is 2.36. The summed E-state index contributed by atoms with van der Waals surface area (Å²) in [4.78, 5) is 33.5. The van der Waals surface area contributed by atoms with Crippen molar-refractivity contribution in [2.24, 2.45) is 0 Å². The molecule has 7 rings (SSSR count). The van der Waals surface area contributed by atoms with Gasteiger partial charge in [-0.15, -0.1) is 11.8 Å². The van der Waals surface area contributed by atoms with Gasteiger partial charge in [0.05, 0.1) is 36.6 Å². The molecule has 8 heteroatoms. The number of ether oxygens (including phenoxy) is 2. The normalized spacial score (nSPS) is 14.6. The molecule has 0 radical (unpaired) electrons. The predicted molar refractivity (Wildman–Crippen MR) is 180 cm³/mol. The average Bonchev–Trinajstić information content (AvgIpc) is 3.49. The maximum Gasteiger partial charge on any atom is 0.266 e. The lowest BCUT2D eigenvalue weighted by atomic mass is 10.0. The summed E-state index contributed by atoms with van der Waals surface area (Å²) in [5.41, 5.74) is 5.81.